The molecule has 12 heteroatoms. The summed E-state index contributed by atoms with van der Waals surface area (Å²) in [6, 6.07) is 9.85. The van der Waals surface area contributed by atoms with E-state index in [0.717, 1.165) is 6.07 Å². The summed E-state index contributed by atoms with van der Waals surface area (Å²) in [6.45, 7) is 1.19. The van der Waals surface area contributed by atoms with Crippen molar-refractivity contribution in [1.29, 1.82) is 0 Å². The summed E-state index contributed by atoms with van der Waals surface area (Å²) < 4.78 is 48.8. The van der Waals surface area contributed by atoms with E-state index in [1.54, 1.807) is 6.92 Å². The predicted molar refractivity (Wildman–Crippen MR) is 142 cm³/mol. The van der Waals surface area contributed by atoms with E-state index in [9.17, 15) is 27.5 Å². The van der Waals surface area contributed by atoms with E-state index in [0.29, 0.717) is 37.9 Å². The molecule has 0 aliphatic heterocycles. The molecule has 9 nitrogen and oxygen atoms in total. The second-order valence-electron chi connectivity index (χ2n) is 10.2. The van der Waals surface area contributed by atoms with Crippen LogP contribution in [0.25, 0.3) is 0 Å². The minimum absolute atomic E-state index is 0.0468. The van der Waals surface area contributed by atoms with Gasteiger partial charge in [-0.25, -0.2) is 12.8 Å². The summed E-state index contributed by atoms with van der Waals surface area (Å²) in [6.07, 6.45) is 1.95. The van der Waals surface area contributed by atoms with Gasteiger partial charge in [0.1, 0.15) is 17.3 Å². The highest BCUT2D eigenvalue weighted by atomic mass is 35.5. The van der Waals surface area contributed by atoms with Gasteiger partial charge in [-0.3, -0.25) is 9.59 Å². The molecule has 0 aromatic heterocycles. The van der Waals surface area contributed by atoms with Crippen molar-refractivity contribution < 1.29 is 37.0 Å². The third-order valence-corrected chi connectivity index (χ3v) is 9.64. The van der Waals surface area contributed by atoms with Crippen LogP contribution in [-0.4, -0.2) is 61.5 Å². The Morgan fingerprint density at radius 2 is 1.59 bits per heavy atom. The second-order valence-corrected chi connectivity index (χ2v) is 12.7. The van der Waals surface area contributed by atoms with Crippen LogP contribution in [0.2, 0.25) is 5.02 Å². The van der Waals surface area contributed by atoms with Gasteiger partial charge in [0.05, 0.1) is 27.3 Å². The Hall–Kier alpha value is -2.89. The van der Waals surface area contributed by atoms with Crippen molar-refractivity contribution in [2.45, 2.75) is 67.5 Å². The molecule has 2 amide bonds. The van der Waals surface area contributed by atoms with E-state index < -0.39 is 38.7 Å². The number of hydrogen-bond donors (Lipinski definition) is 3. The smallest absolute Gasteiger partial charge is 0.258 e. The van der Waals surface area contributed by atoms with Crippen molar-refractivity contribution in [3.05, 3.63) is 53.3 Å². The topological polar surface area (TPSA) is 131 Å². The van der Waals surface area contributed by atoms with E-state index in [2.05, 4.69) is 10.6 Å². The molecule has 2 aromatic rings. The zero-order valence-electron chi connectivity index (χ0n) is 21.5. The standard InChI is InChI=1S/C27H32ClFN2O7S/c1-2-13-39(35,36)20-6-3-18(4-7-20)37-16-24(33)30-26-9-11-27(12-10-26,23(32)15-26)31-25(34)17-38-19-5-8-21(28)22(29)14-19/h3-8,14,23,32H,2,9-13,15-17H2,1H3,(H,30,33)(H,31,34)/t23-,26?,27?/m0/s1. The number of amides is 2. The van der Waals surface area contributed by atoms with Gasteiger partial charge in [-0.2, -0.15) is 0 Å². The van der Waals surface area contributed by atoms with Gasteiger partial charge in [0.15, 0.2) is 23.1 Å². The SMILES string of the molecule is CCCS(=O)(=O)c1ccc(OCC(=O)NC23CCC(NC(=O)COc4ccc(Cl)c(F)c4)(CC2)[C@@H](O)C3)cc1. The van der Waals surface area contributed by atoms with Gasteiger partial charge in [-0.15, -0.1) is 0 Å². The molecule has 3 aliphatic carbocycles. The van der Waals surface area contributed by atoms with E-state index in [-0.39, 0.29) is 47.0 Å². The van der Waals surface area contributed by atoms with Crippen LogP contribution in [0.1, 0.15) is 45.4 Å². The number of fused-ring (bicyclic) bond motifs is 3. The number of nitrogens with one attached hydrogen (secondary N) is 2. The van der Waals surface area contributed by atoms with Gasteiger partial charge in [0.25, 0.3) is 11.8 Å². The number of hydrogen-bond acceptors (Lipinski definition) is 7. The van der Waals surface area contributed by atoms with Gasteiger partial charge >= 0.3 is 0 Å². The lowest BCUT2D eigenvalue weighted by atomic mass is 9.60. The van der Waals surface area contributed by atoms with Crippen molar-refractivity contribution in [3.8, 4) is 11.5 Å². The van der Waals surface area contributed by atoms with Gasteiger partial charge in [-0.05, 0) is 74.9 Å². The van der Waals surface area contributed by atoms with Crippen LogP contribution in [0.4, 0.5) is 4.39 Å². The maximum Gasteiger partial charge on any atom is 0.258 e. The molecule has 0 saturated heterocycles. The molecule has 1 atom stereocenters. The highest BCUT2D eigenvalue weighted by Gasteiger charge is 2.55. The summed E-state index contributed by atoms with van der Waals surface area (Å²) in [5.41, 5.74) is -1.43. The lowest BCUT2D eigenvalue weighted by Crippen LogP contribution is -2.70. The minimum Gasteiger partial charge on any atom is -0.484 e. The lowest BCUT2D eigenvalue weighted by molar-refractivity contribution is -0.137. The molecular weight excluding hydrogens is 551 g/mol. The number of carbonyl (C=O) groups is 2. The molecule has 0 unspecified atom stereocenters. The fraction of sp³-hybridized carbons (Fsp3) is 0.481. The Bertz CT molecular complexity index is 1310. The first-order chi connectivity index (χ1) is 18.5. The maximum atomic E-state index is 13.6. The highest BCUT2D eigenvalue weighted by molar-refractivity contribution is 7.91. The summed E-state index contributed by atoms with van der Waals surface area (Å²) >= 11 is 5.66. The third-order valence-electron chi connectivity index (χ3n) is 7.40. The van der Waals surface area contributed by atoms with E-state index in [1.807, 2.05) is 0 Å². The number of carbonyl (C=O) groups excluding carboxylic acids is 2. The van der Waals surface area contributed by atoms with Crippen molar-refractivity contribution in [1.82, 2.24) is 10.6 Å². The Kier molecular flexibility index (Phi) is 8.72. The molecular formula is C27H32ClFN2O7S. The molecule has 212 valence electrons. The van der Waals surface area contributed by atoms with Crippen LogP contribution in [0.15, 0.2) is 47.4 Å². The number of aliphatic hydroxyl groups excluding tert-OH is 1. The highest BCUT2D eigenvalue weighted by Crippen LogP contribution is 2.47. The lowest BCUT2D eigenvalue weighted by Gasteiger charge is -2.56. The van der Waals surface area contributed by atoms with E-state index >= 15 is 0 Å². The van der Waals surface area contributed by atoms with E-state index in [4.69, 9.17) is 21.1 Å². The first-order valence-electron chi connectivity index (χ1n) is 12.8. The Balaban J connectivity index is 1.26. The molecule has 2 bridgehead atoms. The molecule has 3 aliphatic rings. The maximum absolute atomic E-state index is 13.6. The van der Waals surface area contributed by atoms with Crippen LogP contribution < -0.4 is 20.1 Å². The quantitative estimate of drug-likeness (QED) is 0.371. The molecule has 2 aromatic carbocycles. The van der Waals surface area contributed by atoms with Crippen LogP contribution in [-0.2, 0) is 19.4 Å². The van der Waals surface area contributed by atoms with Crippen molar-refractivity contribution in [2.24, 2.45) is 0 Å². The molecule has 39 heavy (non-hydrogen) atoms. The van der Waals surface area contributed by atoms with Crippen LogP contribution >= 0.6 is 11.6 Å². The van der Waals surface area contributed by atoms with Gasteiger partial charge in [-0.1, -0.05) is 18.5 Å². The van der Waals surface area contributed by atoms with Crippen molar-refractivity contribution in [3.63, 3.8) is 0 Å². The van der Waals surface area contributed by atoms with Crippen LogP contribution in [0.3, 0.4) is 0 Å². The molecule has 0 heterocycles. The molecule has 0 spiro atoms. The average molecular weight is 583 g/mol. The first kappa shape index (κ1) is 29.1. The summed E-state index contributed by atoms with van der Waals surface area (Å²) in [4.78, 5) is 25.4. The summed E-state index contributed by atoms with van der Waals surface area (Å²) in [5, 5.41) is 16.8. The largest absolute Gasteiger partial charge is 0.484 e. The molecule has 3 fully saturated rings. The van der Waals surface area contributed by atoms with Crippen LogP contribution in [0.5, 0.6) is 11.5 Å². The molecule has 3 saturated carbocycles. The number of halogens is 2. The van der Waals surface area contributed by atoms with Gasteiger partial charge in [0.2, 0.25) is 0 Å². The number of aliphatic hydroxyl groups is 1. The van der Waals surface area contributed by atoms with Crippen LogP contribution in [0, 0.1) is 5.82 Å². The van der Waals surface area contributed by atoms with Crippen molar-refractivity contribution in [2.75, 3.05) is 19.0 Å². The van der Waals surface area contributed by atoms with Gasteiger partial charge < -0.3 is 25.2 Å². The first-order valence-corrected chi connectivity index (χ1v) is 14.8. The normalized spacial score (nSPS) is 24.2. The molecule has 5 rings (SSSR count). The summed E-state index contributed by atoms with van der Waals surface area (Å²) in [5.74, 6) is -0.846. The Morgan fingerprint density at radius 3 is 2.18 bits per heavy atom. The third kappa shape index (κ3) is 6.82. The minimum atomic E-state index is -3.33. The molecule has 3 N–H and O–H groups in total. The predicted octanol–water partition coefficient (Wildman–Crippen LogP) is 3.17. The fourth-order valence-corrected chi connectivity index (χ4v) is 6.74. The van der Waals surface area contributed by atoms with E-state index in [1.165, 1.54) is 36.4 Å². The number of sulfone groups is 1. The Morgan fingerprint density at radius 1 is 1.00 bits per heavy atom. The average Bonchev–Trinajstić information content (AvgIpc) is 2.89. The zero-order chi connectivity index (χ0) is 28.3. The monoisotopic (exact) mass is 582 g/mol. The number of rotatable bonds is 11. The molecule has 0 radical (unpaired) electrons. The Labute approximate surface area is 231 Å². The van der Waals surface area contributed by atoms with Gasteiger partial charge in [0, 0.05) is 11.6 Å². The zero-order valence-corrected chi connectivity index (χ0v) is 23.1. The van der Waals surface area contributed by atoms with Crippen molar-refractivity contribution >= 4 is 33.3 Å². The number of ether oxygens (including phenoxy) is 2. The number of benzene rings is 2. The fourth-order valence-electron chi connectivity index (χ4n) is 5.30. The second kappa shape index (κ2) is 11.7. The summed E-state index contributed by atoms with van der Waals surface area (Å²) in [7, 11) is -3.33.